The summed E-state index contributed by atoms with van der Waals surface area (Å²) in [4.78, 5) is 15.8. The molecule has 0 radical (unpaired) electrons. The average molecular weight is 354 g/mol. The summed E-state index contributed by atoms with van der Waals surface area (Å²) in [6.07, 6.45) is -0.751. The third kappa shape index (κ3) is 4.38. The molecule has 0 spiro atoms. The Kier molecular flexibility index (Phi) is 4.83. The highest BCUT2D eigenvalue weighted by molar-refractivity contribution is 6.36. The highest BCUT2D eigenvalue weighted by Gasteiger charge is 2.22. The first-order valence-electron chi connectivity index (χ1n) is 6.56. The molecule has 23 heavy (non-hydrogen) atoms. The Bertz CT molecular complexity index is 788. The lowest BCUT2D eigenvalue weighted by molar-refractivity contribution is 0.0632. The normalized spacial score (nSPS) is 11.0. The van der Waals surface area contributed by atoms with Crippen LogP contribution in [0.1, 0.15) is 26.5 Å². The highest BCUT2D eigenvalue weighted by Crippen LogP contribution is 2.32. The minimum absolute atomic E-state index is 0.0862. The quantitative estimate of drug-likeness (QED) is 0.831. The van der Waals surface area contributed by atoms with Crippen molar-refractivity contribution in [1.82, 2.24) is 4.98 Å². The second-order valence-corrected chi connectivity index (χ2v) is 6.40. The van der Waals surface area contributed by atoms with Gasteiger partial charge in [-0.2, -0.15) is 10.2 Å². The molecule has 1 aromatic carbocycles. The molecule has 1 amide bonds. The highest BCUT2D eigenvalue weighted by atomic mass is 35.5. The molecule has 0 aliphatic heterocycles. The van der Waals surface area contributed by atoms with Gasteiger partial charge in [0.1, 0.15) is 11.7 Å². The predicted octanol–water partition coefficient (Wildman–Crippen LogP) is 4.87. The van der Waals surface area contributed by atoms with Crippen LogP contribution in [0.3, 0.4) is 0 Å². The molecule has 1 N–H and O–H groups in total. The van der Waals surface area contributed by atoms with Gasteiger partial charge < -0.3 is 9.15 Å². The number of halogens is 2. The molecule has 0 saturated heterocycles. The van der Waals surface area contributed by atoms with E-state index < -0.39 is 11.7 Å². The molecule has 120 valence electrons. The lowest BCUT2D eigenvalue weighted by Gasteiger charge is -2.18. The van der Waals surface area contributed by atoms with E-state index >= 15 is 0 Å². The zero-order valence-electron chi connectivity index (χ0n) is 12.6. The fourth-order valence-corrected chi connectivity index (χ4v) is 2.14. The molecule has 0 atom stereocenters. The number of hydrogen-bond donors (Lipinski definition) is 1. The minimum Gasteiger partial charge on any atom is -0.444 e. The smallest absolute Gasteiger partial charge is 0.414 e. The van der Waals surface area contributed by atoms with E-state index in [0.717, 1.165) is 0 Å². The first-order chi connectivity index (χ1) is 10.7. The number of aromatic nitrogens is 1. The third-order valence-electron chi connectivity index (χ3n) is 2.51. The zero-order chi connectivity index (χ0) is 17.2. The van der Waals surface area contributed by atoms with Gasteiger partial charge in [0.2, 0.25) is 17.5 Å². The largest absolute Gasteiger partial charge is 0.444 e. The maximum Gasteiger partial charge on any atom is 0.414 e. The van der Waals surface area contributed by atoms with Gasteiger partial charge in [-0.1, -0.05) is 23.2 Å². The van der Waals surface area contributed by atoms with Crippen LogP contribution in [0.25, 0.3) is 11.5 Å². The van der Waals surface area contributed by atoms with Crippen molar-refractivity contribution >= 4 is 35.2 Å². The number of rotatable bonds is 2. The van der Waals surface area contributed by atoms with Crippen LogP contribution in [-0.4, -0.2) is 16.7 Å². The molecule has 1 aromatic heterocycles. The van der Waals surface area contributed by atoms with Gasteiger partial charge in [0.15, 0.2) is 0 Å². The van der Waals surface area contributed by atoms with Crippen LogP contribution in [0.2, 0.25) is 10.0 Å². The van der Waals surface area contributed by atoms with Crippen LogP contribution >= 0.6 is 23.2 Å². The van der Waals surface area contributed by atoms with Crippen LogP contribution in [0.15, 0.2) is 22.6 Å². The monoisotopic (exact) mass is 353 g/mol. The Labute approximate surface area is 143 Å². The van der Waals surface area contributed by atoms with E-state index in [0.29, 0.717) is 15.6 Å². The van der Waals surface area contributed by atoms with Crippen molar-refractivity contribution in [2.24, 2.45) is 0 Å². The summed E-state index contributed by atoms with van der Waals surface area (Å²) in [5.41, 5.74) is -0.319. The zero-order valence-corrected chi connectivity index (χ0v) is 14.1. The number of nitrogens with zero attached hydrogens (tertiary/aromatic N) is 2. The maximum atomic E-state index is 11.8. The van der Waals surface area contributed by atoms with Crippen LogP contribution in [0.5, 0.6) is 0 Å². The maximum absolute atomic E-state index is 11.8. The second-order valence-electron chi connectivity index (χ2n) is 5.56. The van der Waals surface area contributed by atoms with E-state index in [9.17, 15) is 4.79 Å². The van der Waals surface area contributed by atoms with Crippen molar-refractivity contribution in [1.29, 1.82) is 5.26 Å². The number of carbonyl (C=O) groups is 1. The molecule has 6 nitrogen and oxygen atoms in total. The molecule has 0 saturated carbocycles. The van der Waals surface area contributed by atoms with Gasteiger partial charge in [0.25, 0.3) is 0 Å². The number of amides is 1. The first kappa shape index (κ1) is 17.1. The van der Waals surface area contributed by atoms with Crippen molar-refractivity contribution in [2.75, 3.05) is 5.32 Å². The van der Waals surface area contributed by atoms with Gasteiger partial charge in [-0.15, -0.1) is 0 Å². The van der Waals surface area contributed by atoms with Crippen LogP contribution in [0, 0.1) is 11.3 Å². The predicted molar refractivity (Wildman–Crippen MR) is 86.5 cm³/mol. The molecule has 1 heterocycles. The fraction of sp³-hybridized carbons (Fsp3) is 0.267. The van der Waals surface area contributed by atoms with Crippen LogP contribution < -0.4 is 5.32 Å². The van der Waals surface area contributed by atoms with E-state index in [1.165, 1.54) is 6.07 Å². The summed E-state index contributed by atoms with van der Waals surface area (Å²) in [7, 11) is 0. The lowest BCUT2D eigenvalue weighted by atomic mass is 10.2. The standard InChI is InChI=1S/C15H13Cl2N3O3/c1-15(2,3)23-14(21)20-13-11(7-18)19-12(22-13)9-5-4-8(16)6-10(9)17/h4-6H,1-3H3,(H,20,21). The minimum atomic E-state index is -0.751. The molecule has 0 bridgehead atoms. The van der Waals surface area contributed by atoms with E-state index in [2.05, 4.69) is 10.3 Å². The van der Waals surface area contributed by atoms with Gasteiger partial charge in [0, 0.05) is 5.02 Å². The van der Waals surface area contributed by atoms with Crippen molar-refractivity contribution in [3.05, 3.63) is 33.9 Å². The number of benzene rings is 1. The van der Waals surface area contributed by atoms with Gasteiger partial charge >= 0.3 is 6.09 Å². The number of anilines is 1. The number of ether oxygens (including phenoxy) is 1. The van der Waals surface area contributed by atoms with Crippen LogP contribution in [-0.2, 0) is 4.74 Å². The number of carbonyl (C=O) groups excluding carboxylic acids is 1. The summed E-state index contributed by atoms with van der Waals surface area (Å²) < 4.78 is 10.5. The summed E-state index contributed by atoms with van der Waals surface area (Å²) in [5.74, 6) is -0.0166. The number of oxazole rings is 1. The molecule has 2 rings (SSSR count). The Morgan fingerprint density at radius 1 is 1.39 bits per heavy atom. The molecule has 0 aliphatic rings. The summed E-state index contributed by atoms with van der Waals surface area (Å²) >= 11 is 11.9. The molecule has 2 aromatic rings. The number of nitrogens with one attached hydrogen (secondary N) is 1. The molecular weight excluding hydrogens is 341 g/mol. The average Bonchev–Trinajstić information content (AvgIpc) is 2.79. The molecular formula is C15H13Cl2N3O3. The van der Waals surface area contributed by atoms with E-state index in [1.54, 1.807) is 32.9 Å². The fourth-order valence-electron chi connectivity index (χ4n) is 1.66. The topological polar surface area (TPSA) is 88.2 Å². The Morgan fingerprint density at radius 2 is 2.09 bits per heavy atom. The lowest BCUT2D eigenvalue weighted by Crippen LogP contribution is -2.27. The summed E-state index contributed by atoms with van der Waals surface area (Å²) in [6, 6.07) is 6.58. The Morgan fingerprint density at radius 3 is 2.65 bits per heavy atom. The second kappa shape index (κ2) is 6.49. The van der Waals surface area contributed by atoms with E-state index in [4.69, 9.17) is 37.6 Å². The van der Waals surface area contributed by atoms with E-state index in [1.807, 2.05) is 6.07 Å². The van der Waals surface area contributed by atoms with E-state index in [-0.39, 0.29) is 17.5 Å². The molecule has 0 aliphatic carbocycles. The molecule has 8 heteroatoms. The van der Waals surface area contributed by atoms with Crippen molar-refractivity contribution in [3.63, 3.8) is 0 Å². The Hall–Kier alpha value is -2.23. The first-order valence-corrected chi connectivity index (χ1v) is 7.31. The summed E-state index contributed by atoms with van der Waals surface area (Å²) in [5, 5.41) is 12.2. The van der Waals surface area contributed by atoms with Gasteiger partial charge in [0.05, 0.1) is 10.6 Å². The molecule has 0 fully saturated rings. The van der Waals surface area contributed by atoms with Gasteiger partial charge in [-0.3, -0.25) is 5.32 Å². The van der Waals surface area contributed by atoms with Crippen LogP contribution in [0.4, 0.5) is 10.7 Å². The number of hydrogen-bond acceptors (Lipinski definition) is 5. The van der Waals surface area contributed by atoms with Crippen molar-refractivity contribution in [3.8, 4) is 17.5 Å². The Balaban J connectivity index is 2.31. The summed E-state index contributed by atoms with van der Waals surface area (Å²) in [6.45, 7) is 5.16. The van der Waals surface area contributed by atoms with Gasteiger partial charge in [-0.05, 0) is 39.0 Å². The molecule has 0 unspecified atom stereocenters. The number of nitriles is 1. The van der Waals surface area contributed by atoms with Crippen molar-refractivity contribution < 1.29 is 13.9 Å². The van der Waals surface area contributed by atoms with Crippen molar-refractivity contribution in [2.45, 2.75) is 26.4 Å². The SMILES string of the molecule is CC(C)(C)OC(=O)Nc1oc(-c2ccc(Cl)cc2Cl)nc1C#N. The van der Waals surface area contributed by atoms with Gasteiger partial charge in [-0.25, -0.2) is 4.79 Å². The third-order valence-corrected chi connectivity index (χ3v) is 3.06.